The summed E-state index contributed by atoms with van der Waals surface area (Å²) in [5, 5.41) is 2.32. The molecule has 3 amide bonds. The van der Waals surface area contributed by atoms with Crippen LogP contribution in [0.1, 0.15) is 38.1 Å². The lowest BCUT2D eigenvalue weighted by molar-refractivity contribution is -0.137. The zero-order chi connectivity index (χ0) is 22.2. The van der Waals surface area contributed by atoms with Crippen LogP contribution < -0.4 is 5.32 Å². The topological polar surface area (TPSA) is 95.8 Å². The number of halogens is 3. The van der Waals surface area contributed by atoms with Gasteiger partial charge < -0.3 is 19.5 Å². The first kappa shape index (κ1) is 21.3. The number of aryl methyl sites for hydroxylation is 2. The number of nitrogens with zero attached hydrogens (tertiary/aromatic N) is 3. The first-order chi connectivity index (χ1) is 14.0. The highest BCUT2D eigenvalue weighted by Gasteiger charge is 2.33. The standard InChI is InChI=1S/C19H19F3N4O4/c1-10-16(30-11(2)23-10)17(28)24-14-7-12(6-13(8-14)19(20,21)22)18(29)26-5-4-25(3)15(27)9-26/h6-8H,4-5,9H2,1-3H3,(H,24,28). The van der Waals surface area contributed by atoms with E-state index < -0.39 is 23.6 Å². The molecule has 0 unspecified atom stereocenters. The van der Waals surface area contributed by atoms with E-state index in [0.717, 1.165) is 12.1 Å². The molecule has 1 fully saturated rings. The van der Waals surface area contributed by atoms with Gasteiger partial charge in [0.05, 0.1) is 11.3 Å². The molecule has 0 aliphatic carbocycles. The molecular formula is C19H19F3N4O4. The second kappa shape index (κ2) is 7.81. The molecule has 0 saturated carbocycles. The molecule has 0 spiro atoms. The largest absolute Gasteiger partial charge is 0.436 e. The zero-order valence-electron chi connectivity index (χ0n) is 16.5. The molecule has 2 heterocycles. The fourth-order valence-corrected chi connectivity index (χ4v) is 3.03. The molecule has 8 nitrogen and oxygen atoms in total. The molecular weight excluding hydrogens is 405 g/mol. The monoisotopic (exact) mass is 424 g/mol. The molecule has 30 heavy (non-hydrogen) atoms. The lowest BCUT2D eigenvalue weighted by Gasteiger charge is -2.32. The van der Waals surface area contributed by atoms with Crippen molar-refractivity contribution in [3.63, 3.8) is 0 Å². The molecule has 0 radical (unpaired) electrons. The summed E-state index contributed by atoms with van der Waals surface area (Å²) >= 11 is 0. The van der Waals surface area contributed by atoms with Crippen LogP contribution in [0.25, 0.3) is 0 Å². The summed E-state index contributed by atoms with van der Waals surface area (Å²) in [5.41, 5.74) is -1.34. The number of hydrogen-bond acceptors (Lipinski definition) is 5. The predicted molar refractivity (Wildman–Crippen MR) is 98.9 cm³/mol. The molecule has 1 N–H and O–H groups in total. The highest BCUT2D eigenvalue weighted by atomic mass is 19.4. The molecule has 11 heteroatoms. The first-order valence-corrected chi connectivity index (χ1v) is 8.96. The number of hydrogen-bond donors (Lipinski definition) is 1. The van der Waals surface area contributed by atoms with Crippen LogP contribution in [0.4, 0.5) is 18.9 Å². The summed E-state index contributed by atoms with van der Waals surface area (Å²) in [4.78, 5) is 43.5. The van der Waals surface area contributed by atoms with Crippen LogP contribution in [0.3, 0.4) is 0 Å². The maximum atomic E-state index is 13.4. The van der Waals surface area contributed by atoms with Crippen molar-refractivity contribution < 1.29 is 32.0 Å². The van der Waals surface area contributed by atoms with Gasteiger partial charge in [-0.1, -0.05) is 0 Å². The average molecular weight is 424 g/mol. The summed E-state index contributed by atoms with van der Waals surface area (Å²) in [6.07, 6.45) is -4.74. The van der Waals surface area contributed by atoms with E-state index in [-0.39, 0.29) is 54.1 Å². The number of anilines is 1. The molecule has 1 aromatic carbocycles. The Morgan fingerprint density at radius 1 is 1.17 bits per heavy atom. The number of nitrogens with one attached hydrogen (secondary N) is 1. The zero-order valence-corrected chi connectivity index (χ0v) is 16.5. The van der Waals surface area contributed by atoms with Crippen LogP contribution in [-0.4, -0.2) is 59.2 Å². The summed E-state index contributed by atoms with van der Waals surface area (Å²) < 4.78 is 45.3. The molecule has 3 rings (SSSR count). The van der Waals surface area contributed by atoms with Crippen molar-refractivity contribution in [2.45, 2.75) is 20.0 Å². The Morgan fingerprint density at radius 2 is 1.87 bits per heavy atom. The van der Waals surface area contributed by atoms with Crippen molar-refractivity contribution >= 4 is 23.4 Å². The fourth-order valence-electron chi connectivity index (χ4n) is 3.03. The Balaban J connectivity index is 1.92. The van der Waals surface area contributed by atoms with E-state index in [1.165, 1.54) is 23.6 Å². The third-order valence-corrected chi connectivity index (χ3v) is 4.62. The van der Waals surface area contributed by atoms with E-state index in [1.54, 1.807) is 7.05 Å². The number of rotatable bonds is 3. The number of carbonyl (C=O) groups excluding carboxylic acids is 3. The number of aromatic nitrogens is 1. The van der Waals surface area contributed by atoms with Crippen molar-refractivity contribution in [3.8, 4) is 0 Å². The van der Waals surface area contributed by atoms with Gasteiger partial charge in [0.1, 0.15) is 6.54 Å². The number of likely N-dealkylation sites (N-methyl/N-ethyl adjacent to an activating group) is 1. The van der Waals surface area contributed by atoms with Gasteiger partial charge >= 0.3 is 6.18 Å². The van der Waals surface area contributed by atoms with Gasteiger partial charge in [0, 0.05) is 38.3 Å². The third-order valence-electron chi connectivity index (χ3n) is 4.62. The first-order valence-electron chi connectivity index (χ1n) is 8.96. The smallest absolute Gasteiger partial charge is 0.416 e. The number of carbonyl (C=O) groups is 3. The lowest BCUT2D eigenvalue weighted by atomic mass is 10.1. The maximum absolute atomic E-state index is 13.4. The maximum Gasteiger partial charge on any atom is 0.416 e. The molecule has 1 saturated heterocycles. The van der Waals surface area contributed by atoms with E-state index in [9.17, 15) is 27.6 Å². The van der Waals surface area contributed by atoms with E-state index in [1.807, 2.05) is 0 Å². The minimum absolute atomic E-state index is 0.137. The highest BCUT2D eigenvalue weighted by Crippen LogP contribution is 2.32. The second-order valence-electron chi connectivity index (χ2n) is 6.94. The molecule has 1 aliphatic rings. The summed E-state index contributed by atoms with van der Waals surface area (Å²) in [6, 6.07) is 2.56. The van der Waals surface area contributed by atoms with Gasteiger partial charge in [0.25, 0.3) is 11.8 Å². The fraction of sp³-hybridized carbons (Fsp3) is 0.368. The number of oxazole rings is 1. The van der Waals surface area contributed by atoms with Crippen molar-refractivity contribution in [3.05, 3.63) is 46.7 Å². The van der Waals surface area contributed by atoms with Gasteiger partial charge in [-0.05, 0) is 25.1 Å². The molecule has 0 atom stereocenters. The predicted octanol–water partition coefficient (Wildman–Crippen LogP) is 2.48. The van der Waals surface area contributed by atoms with Crippen LogP contribution in [0.15, 0.2) is 22.6 Å². The Kier molecular flexibility index (Phi) is 5.55. The number of alkyl halides is 3. The van der Waals surface area contributed by atoms with Crippen LogP contribution in [0, 0.1) is 13.8 Å². The van der Waals surface area contributed by atoms with Gasteiger partial charge in [-0.25, -0.2) is 4.98 Å². The van der Waals surface area contributed by atoms with Crippen molar-refractivity contribution in [1.29, 1.82) is 0 Å². The van der Waals surface area contributed by atoms with E-state index >= 15 is 0 Å². The molecule has 0 bridgehead atoms. The minimum Gasteiger partial charge on any atom is -0.436 e. The average Bonchev–Trinajstić information content (AvgIpc) is 3.00. The van der Waals surface area contributed by atoms with Gasteiger partial charge in [0.15, 0.2) is 5.89 Å². The van der Waals surface area contributed by atoms with Crippen molar-refractivity contribution in [2.75, 3.05) is 32.0 Å². The number of amides is 3. The van der Waals surface area contributed by atoms with E-state index in [0.29, 0.717) is 6.07 Å². The summed E-state index contributed by atoms with van der Waals surface area (Å²) in [6.45, 7) is 3.29. The Bertz CT molecular complexity index is 1020. The Morgan fingerprint density at radius 3 is 2.43 bits per heavy atom. The normalized spacial score (nSPS) is 14.8. The van der Waals surface area contributed by atoms with Crippen molar-refractivity contribution in [2.24, 2.45) is 0 Å². The lowest BCUT2D eigenvalue weighted by Crippen LogP contribution is -2.50. The van der Waals surface area contributed by atoms with Crippen LogP contribution in [-0.2, 0) is 11.0 Å². The quantitative estimate of drug-likeness (QED) is 0.817. The third kappa shape index (κ3) is 4.44. The van der Waals surface area contributed by atoms with Gasteiger partial charge in [0.2, 0.25) is 11.7 Å². The minimum atomic E-state index is -4.74. The highest BCUT2D eigenvalue weighted by molar-refractivity contribution is 6.04. The van der Waals surface area contributed by atoms with Crippen LogP contribution in [0.5, 0.6) is 0 Å². The second-order valence-corrected chi connectivity index (χ2v) is 6.94. The Hall–Kier alpha value is -3.37. The van der Waals surface area contributed by atoms with Gasteiger partial charge in [-0.15, -0.1) is 0 Å². The SMILES string of the molecule is Cc1nc(C)c(C(=O)Nc2cc(C(=O)N3CCN(C)C(=O)C3)cc(C(F)(F)F)c2)o1. The van der Waals surface area contributed by atoms with E-state index in [2.05, 4.69) is 10.3 Å². The Labute approximate surface area is 169 Å². The molecule has 1 aromatic heterocycles. The number of benzene rings is 1. The molecule has 160 valence electrons. The van der Waals surface area contributed by atoms with Gasteiger partial charge in [-0.3, -0.25) is 14.4 Å². The molecule has 2 aromatic rings. The molecule has 1 aliphatic heterocycles. The van der Waals surface area contributed by atoms with Crippen LogP contribution in [0.2, 0.25) is 0 Å². The van der Waals surface area contributed by atoms with Gasteiger partial charge in [-0.2, -0.15) is 13.2 Å². The van der Waals surface area contributed by atoms with Crippen molar-refractivity contribution in [1.82, 2.24) is 14.8 Å². The van der Waals surface area contributed by atoms with Crippen LogP contribution >= 0.6 is 0 Å². The number of piperazine rings is 1. The summed E-state index contributed by atoms with van der Waals surface area (Å²) in [7, 11) is 1.58. The van der Waals surface area contributed by atoms with E-state index in [4.69, 9.17) is 4.42 Å². The summed E-state index contributed by atoms with van der Waals surface area (Å²) in [5.74, 6) is -1.74.